The maximum absolute atomic E-state index is 11.8. The summed E-state index contributed by atoms with van der Waals surface area (Å²) in [7, 11) is 0. The van der Waals surface area contributed by atoms with Gasteiger partial charge in [-0.05, 0) is 25.7 Å². The lowest BCUT2D eigenvalue weighted by Gasteiger charge is -2.32. The molecule has 110 valence electrons. The minimum Gasteiger partial charge on any atom is -0.450 e. The summed E-state index contributed by atoms with van der Waals surface area (Å²) >= 11 is 0. The highest BCUT2D eigenvalue weighted by Crippen LogP contribution is 2.12. The van der Waals surface area contributed by atoms with Crippen molar-refractivity contribution in [3.63, 3.8) is 0 Å². The van der Waals surface area contributed by atoms with Crippen LogP contribution in [0.2, 0.25) is 0 Å². The van der Waals surface area contributed by atoms with Gasteiger partial charge in [-0.15, -0.1) is 0 Å². The van der Waals surface area contributed by atoms with E-state index in [0.29, 0.717) is 19.7 Å². The highest BCUT2D eigenvalue weighted by molar-refractivity contribution is 5.82. The SMILES string of the molecule is CCOC(=O)N1CCC(NC(=O)[C@H](N)C(C)C)CC1. The summed E-state index contributed by atoms with van der Waals surface area (Å²) in [5.74, 6) is 0.0178. The Morgan fingerprint density at radius 3 is 2.42 bits per heavy atom. The van der Waals surface area contributed by atoms with Gasteiger partial charge in [0.15, 0.2) is 0 Å². The van der Waals surface area contributed by atoms with Gasteiger partial charge in [-0.2, -0.15) is 0 Å². The molecule has 0 aliphatic carbocycles. The third-order valence-corrected chi connectivity index (χ3v) is 3.39. The Hall–Kier alpha value is -1.30. The van der Waals surface area contributed by atoms with E-state index in [1.807, 2.05) is 13.8 Å². The summed E-state index contributed by atoms with van der Waals surface area (Å²) < 4.78 is 4.95. The number of hydrogen-bond acceptors (Lipinski definition) is 4. The molecule has 1 fully saturated rings. The number of hydrogen-bond donors (Lipinski definition) is 2. The first-order valence-electron chi connectivity index (χ1n) is 6.93. The number of amides is 2. The molecule has 6 nitrogen and oxygen atoms in total. The van der Waals surface area contributed by atoms with E-state index >= 15 is 0 Å². The lowest BCUT2D eigenvalue weighted by Crippen LogP contribution is -2.51. The molecule has 1 rings (SSSR count). The third-order valence-electron chi connectivity index (χ3n) is 3.39. The van der Waals surface area contributed by atoms with Crippen LogP contribution in [-0.4, -0.2) is 48.7 Å². The van der Waals surface area contributed by atoms with Crippen molar-refractivity contribution < 1.29 is 14.3 Å². The van der Waals surface area contributed by atoms with E-state index in [9.17, 15) is 9.59 Å². The first-order valence-corrected chi connectivity index (χ1v) is 6.93. The van der Waals surface area contributed by atoms with Crippen molar-refractivity contribution in [2.45, 2.75) is 45.7 Å². The minimum absolute atomic E-state index is 0.1000. The molecule has 6 heteroatoms. The van der Waals surface area contributed by atoms with Gasteiger partial charge in [0.05, 0.1) is 12.6 Å². The molecule has 1 heterocycles. The summed E-state index contributed by atoms with van der Waals surface area (Å²) in [6.07, 6.45) is 1.22. The van der Waals surface area contributed by atoms with Crippen LogP contribution in [0.1, 0.15) is 33.6 Å². The zero-order valence-corrected chi connectivity index (χ0v) is 12.0. The zero-order chi connectivity index (χ0) is 14.4. The van der Waals surface area contributed by atoms with E-state index in [2.05, 4.69) is 5.32 Å². The molecule has 3 N–H and O–H groups in total. The molecule has 0 aromatic carbocycles. The molecule has 0 aromatic heterocycles. The molecule has 0 spiro atoms. The maximum Gasteiger partial charge on any atom is 0.409 e. The normalized spacial score (nSPS) is 18.3. The van der Waals surface area contributed by atoms with E-state index in [1.54, 1.807) is 11.8 Å². The van der Waals surface area contributed by atoms with Crippen molar-refractivity contribution in [3.05, 3.63) is 0 Å². The van der Waals surface area contributed by atoms with Gasteiger partial charge in [-0.1, -0.05) is 13.8 Å². The Morgan fingerprint density at radius 2 is 1.95 bits per heavy atom. The highest BCUT2D eigenvalue weighted by Gasteiger charge is 2.26. The topological polar surface area (TPSA) is 84.7 Å². The van der Waals surface area contributed by atoms with E-state index in [-0.39, 0.29) is 24.0 Å². The Labute approximate surface area is 114 Å². The van der Waals surface area contributed by atoms with Gasteiger partial charge in [0, 0.05) is 19.1 Å². The molecule has 0 unspecified atom stereocenters. The Bertz CT molecular complexity index is 312. The second kappa shape index (κ2) is 7.33. The van der Waals surface area contributed by atoms with Gasteiger partial charge < -0.3 is 20.7 Å². The minimum atomic E-state index is -0.469. The van der Waals surface area contributed by atoms with Crippen LogP contribution in [0.5, 0.6) is 0 Å². The van der Waals surface area contributed by atoms with Gasteiger partial charge in [-0.25, -0.2) is 4.79 Å². The van der Waals surface area contributed by atoms with Crippen LogP contribution in [0.15, 0.2) is 0 Å². The predicted molar refractivity (Wildman–Crippen MR) is 72.6 cm³/mol. The number of likely N-dealkylation sites (tertiary alicyclic amines) is 1. The van der Waals surface area contributed by atoms with Crippen LogP contribution in [0.25, 0.3) is 0 Å². The van der Waals surface area contributed by atoms with E-state index in [0.717, 1.165) is 12.8 Å². The van der Waals surface area contributed by atoms with Crippen molar-refractivity contribution >= 4 is 12.0 Å². The Morgan fingerprint density at radius 1 is 1.37 bits per heavy atom. The van der Waals surface area contributed by atoms with Crippen LogP contribution >= 0.6 is 0 Å². The summed E-state index contributed by atoms with van der Waals surface area (Å²) in [6.45, 7) is 7.25. The molecule has 2 amide bonds. The van der Waals surface area contributed by atoms with Gasteiger partial charge in [0.2, 0.25) is 5.91 Å². The van der Waals surface area contributed by atoms with Crippen LogP contribution < -0.4 is 11.1 Å². The van der Waals surface area contributed by atoms with Crippen molar-refractivity contribution in [1.29, 1.82) is 0 Å². The average molecular weight is 271 g/mol. The fraction of sp³-hybridized carbons (Fsp3) is 0.846. The molecular formula is C13H25N3O3. The number of piperidine rings is 1. The van der Waals surface area contributed by atoms with E-state index < -0.39 is 6.04 Å². The molecule has 0 saturated carbocycles. The number of carbonyl (C=O) groups excluding carboxylic acids is 2. The maximum atomic E-state index is 11.8. The predicted octanol–water partition coefficient (Wildman–Crippen LogP) is 0.707. The van der Waals surface area contributed by atoms with Crippen molar-refractivity contribution in [2.75, 3.05) is 19.7 Å². The number of rotatable bonds is 4. The number of nitrogens with two attached hydrogens (primary N) is 1. The van der Waals surface area contributed by atoms with Gasteiger partial charge in [0.1, 0.15) is 0 Å². The number of carbonyl (C=O) groups is 2. The summed E-state index contributed by atoms with van der Waals surface area (Å²) in [5.41, 5.74) is 5.80. The van der Waals surface area contributed by atoms with Crippen molar-refractivity contribution in [1.82, 2.24) is 10.2 Å². The van der Waals surface area contributed by atoms with Crippen molar-refractivity contribution in [3.8, 4) is 0 Å². The summed E-state index contributed by atoms with van der Waals surface area (Å²) in [6, 6.07) is -0.369. The van der Waals surface area contributed by atoms with Crippen LogP contribution in [0.3, 0.4) is 0 Å². The fourth-order valence-electron chi connectivity index (χ4n) is 2.02. The molecule has 0 bridgehead atoms. The van der Waals surface area contributed by atoms with Crippen molar-refractivity contribution in [2.24, 2.45) is 11.7 Å². The average Bonchev–Trinajstić information content (AvgIpc) is 2.38. The summed E-state index contributed by atoms with van der Waals surface area (Å²) in [4.78, 5) is 25.0. The fourth-order valence-corrected chi connectivity index (χ4v) is 2.02. The summed E-state index contributed by atoms with van der Waals surface area (Å²) in [5, 5.41) is 2.95. The largest absolute Gasteiger partial charge is 0.450 e. The Kier molecular flexibility index (Phi) is 6.08. The third kappa shape index (κ3) is 4.70. The molecule has 19 heavy (non-hydrogen) atoms. The van der Waals surface area contributed by atoms with Crippen LogP contribution in [0.4, 0.5) is 4.79 Å². The van der Waals surface area contributed by atoms with E-state index in [1.165, 1.54) is 0 Å². The first kappa shape index (κ1) is 15.8. The molecule has 0 radical (unpaired) electrons. The Balaban J connectivity index is 2.34. The molecule has 1 atom stereocenters. The van der Waals surface area contributed by atoms with Crippen LogP contribution in [0, 0.1) is 5.92 Å². The number of ether oxygens (including phenoxy) is 1. The second-order valence-electron chi connectivity index (χ2n) is 5.24. The van der Waals surface area contributed by atoms with Gasteiger partial charge in [0.25, 0.3) is 0 Å². The lowest BCUT2D eigenvalue weighted by molar-refractivity contribution is -0.124. The standard InChI is InChI=1S/C13H25N3O3/c1-4-19-13(18)16-7-5-10(6-8-16)15-12(17)11(14)9(2)3/h9-11H,4-8,14H2,1-3H3,(H,15,17)/t11-/m1/s1. The zero-order valence-electron chi connectivity index (χ0n) is 12.0. The quantitative estimate of drug-likeness (QED) is 0.788. The smallest absolute Gasteiger partial charge is 0.409 e. The second-order valence-corrected chi connectivity index (χ2v) is 5.24. The molecule has 1 aliphatic rings. The van der Waals surface area contributed by atoms with Gasteiger partial charge >= 0.3 is 6.09 Å². The van der Waals surface area contributed by atoms with E-state index in [4.69, 9.17) is 10.5 Å². The highest BCUT2D eigenvalue weighted by atomic mass is 16.6. The lowest BCUT2D eigenvalue weighted by atomic mass is 10.0. The monoisotopic (exact) mass is 271 g/mol. The van der Waals surface area contributed by atoms with Gasteiger partial charge in [-0.3, -0.25) is 4.79 Å². The number of nitrogens with one attached hydrogen (secondary N) is 1. The molecule has 0 aromatic rings. The molecular weight excluding hydrogens is 246 g/mol. The number of nitrogens with zero attached hydrogens (tertiary/aromatic N) is 1. The molecule has 1 aliphatic heterocycles. The first-order chi connectivity index (χ1) is 8.95. The molecule has 1 saturated heterocycles. The van der Waals surface area contributed by atoms with Crippen LogP contribution in [-0.2, 0) is 9.53 Å².